The number of para-hydroxylation sites is 2. The molecule has 0 aliphatic carbocycles. The minimum atomic E-state index is -0.708. The number of hydrogen-bond acceptors (Lipinski definition) is 7. The number of allylic oxidation sites excluding steroid dienone is 1. The molecule has 6 rings (SSSR count). The molecule has 1 aliphatic rings. The van der Waals surface area contributed by atoms with Crippen molar-refractivity contribution in [3.8, 4) is 17.6 Å². The van der Waals surface area contributed by atoms with Gasteiger partial charge in [-0.25, -0.2) is 4.99 Å². The van der Waals surface area contributed by atoms with Gasteiger partial charge in [0.1, 0.15) is 18.1 Å². The van der Waals surface area contributed by atoms with Gasteiger partial charge >= 0.3 is 0 Å². The van der Waals surface area contributed by atoms with Crippen LogP contribution in [0.15, 0.2) is 124 Å². The molecule has 0 bridgehead atoms. The van der Waals surface area contributed by atoms with E-state index in [0.717, 1.165) is 16.7 Å². The standard InChI is InChI=1S/C37H30N4O4S/c1-3-44-30-19-17-27(18-20-30)34-33(35(42)40-29-10-5-4-6-11-29)24(2)39-37-41(34)36(43)32(46-37)21-28-9-7-8-12-31(28)45-23-26-15-13-25(22-38)14-16-26/h4-21,34H,3,23H2,1-2H3,(H,40,42)/b32-21-/t34-/m0/s1. The van der Waals surface area contributed by atoms with Crippen molar-refractivity contribution in [2.24, 2.45) is 4.99 Å². The lowest BCUT2D eigenvalue weighted by atomic mass is 9.95. The molecule has 9 heteroatoms. The van der Waals surface area contributed by atoms with Gasteiger partial charge in [-0.15, -0.1) is 0 Å². The largest absolute Gasteiger partial charge is 0.494 e. The summed E-state index contributed by atoms with van der Waals surface area (Å²) in [5.41, 5.74) is 4.30. The molecular formula is C37H30N4O4S. The molecule has 0 radical (unpaired) electrons. The normalized spacial score (nSPS) is 14.2. The van der Waals surface area contributed by atoms with Crippen molar-refractivity contribution < 1.29 is 14.3 Å². The molecule has 0 fully saturated rings. The second-order valence-corrected chi connectivity index (χ2v) is 11.5. The maximum Gasteiger partial charge on any atom is 0.271 e. The number of carbonyl (C=O) groups excluding carboxylic acids is 1. The highest BCUT2D eigenvalue weighted by molar-refractivity contribution is 7.07. The van der Waals surface area contributed by atoms with E-state index >= 15 is 0 Å². The summed E-state index contributed by atoms with van der Waals surface area (Å²) in [4.78, 5) is 33.3. The van der Waals surface area contributed by atoms with Crippen molar-refractivity contribution in [3.63, 3.8) is 0 Å². The predicted octanol–water partition coefficient (Wildman–Crippen LogP) is 5.72. The number of benzene rings is 4. The van der Waals surface area contributed by atoms with Crippen LogP contribution >= 0.6 is 11.3 Å². The fourth-order valence-corrected chi connectivity index (χ4v) is 6.31. The molecule has 1 atom stereocenters. The summed E-state index contributed by atoms with van der Waals surface area (Å²) in [6, 6.07) is 32.8. The number of nitrogens with zero attached hydrogens (tertiary/aromatic N) is 3. The van der Waals surface area contributed by atoms with Crippen molar-refractivity contribution in [2.45, 2.75) is 26.5 Å². The number of aromatic nitrogens is 1. The monoisotopic (exact) mass is 626 g/mol. The second-order valence-electron chi connectivity index (χ2n) is 10.5. The van der Waals surface area contributed by atoms with Crippen LogP contribution in [0.2, 0.25) is 0 Å². The van der Waals surface area contributed by atoms with Crippen LogP contribution in [0.3, 0.4) is 0 Å². The molecule has 46 heavy (non-hydrogen) atoms. The summed E-state index contributed by atoms with van der Waals surface area (Å²) in [6.45, 7) is 4.54. The van der Waals surface area contributed by atoms with Gasteiger partial charge in [0, 0.05) is 11.3 Å². The Balaban J connectivity index is 1.40. The summed E-state index contributed by atoms with van der Waals surface area (Å²) in [6.07, 6.45) is 1.80. The van der Waals surface area contributed by atoms with E-state index in [-0.39, 0.29) is 11.5 Å². The van der Waals surface area contributed by atoms with Crippen LogP contribution < -0.4 is 29.7 Å². The number of nitriles is 1. The Kier molecular flexibility index (Phi) is 8.90. The maximum absolute atomic E-state index is 14.2. The Bertz CT molecular complexity index is 2140. The number of fused-ring (bicyclic) bond motifs is 1. The Morgan fingerprint density at radius 3 is 2.41 bits per heavy atom. The molecule has 0 saturated carbocycles. The van der Waals surface area contributed by atoms with Gasteiger partial charge in [-0.2, -0.15) is 5.26 Å². The van der Waals surface area contributed by atoms with Gasteiger partial charge in [-0.3, -0.25) is 14.2 Å². The summed E-state index contributed by atoms with van der Waals surface area (Å²) in [5, 5.41) is 12.1. The maximum atomic E-state index is 14.2. The Morgan fingerprint density at radius 2 is 1.70 bits per heavy atom. The van der Waals surface area contributed by atoms with Crippen LogP contribution in [-0.4, -0.2) is 17.1 Å². The Morgan fingerprint density at radius 1 is 0.978 bits per heavy atom. The highest BCUT2D eigenvalue weighted by atomic mass is 32.1. The number of amides is 1. The SMILES string of the molecule is CCOc1ccc([C@H]2C(C(=O)Nc3ccccc3)=C(C)N=c3s/c(=C\c4ccccc4OCc4ccc(C#N)cc4)c(=O)n32)cc1. The van der Waals surface area contributed by atoms with Gasteiger partial charge in [0.05, 0.1) is 40.1 Å². The van der Waals surface area contributed by atoms with Crippen LogP contribution in [-0.2, 0) is 11.4 Å². The minimum Gasteiger partial charge on any atom is -0.494 e. The van der Waals surface area contributed by atoms with Crippen molar-refractivity contribution >= 4 is 29.0 Å². The van der Waals surface area contributed by atoms with E-state index in [2.05, 4.69) is 11.4 Å². The van der Waals surface area contributed by atoms with Crippen LogP contribution in [0.1, 0.15) is 42.1 Å². The Labute approximate surface area is 269 Å². The van der Waals surface area contributed by atoms with Crippen LogP contribution in [0.5, 0.6) is 11.5 Å². The second kappa shape index (κ2) is 13.5. The van der Waals surface area contributed by atoms with E-state index in [1.165, 1.54) is 11.3 Å². The molecule has 0 spiro atoms. The van der Waals surface area contributed by atoms with E-state index in [0.29, 0.717) is 56.6 Å². The first-order chi connectivity index (χ1) is 22.4. The number of anilines is 1. The number of ether oxygens (including phenoxy) is 2. The molecule has 1 aliphatic heterocycles. The van der Waals surface area contributed by atoms with Gasteiger partial charge in [0.2, 0.25) is 0 Å². The quantitative estimate of drug-likeness (QED) is 0.225. The fourth-order valence-electron chi connectivity index (χ4n) is 5.27. The molecule has 1 aromatic heterocycles. The average molecular weight is 627 g/mol. The van der Waals surface area contributed by atoms with E-state index in [4.69, 9.17) is 19.7 Å². The van der Waals surface area contributed by atoms with Gasteiger partial charge in [-0.05, 0) is 73.5 Å². The zero-order chi connectivity index (χ0) is 32.0. The van der Waals surface area contributed by atoms with Gasteiger partial charge < -0.3 is 14.8 Å². The predicted molar refractivity (Wildman–Crippen MR) is 178 cm³/mol. The molecule has 1 N–H and O–H groups in total. The van der Waals surface area contributed by atoms with Crippen molar-refractivity contribution in [1.82, 2.24) is 4.57 Å². The summed E-state index contributed by atoms with van der Waals surface area (Å²) >= 11 is 1.27. The first-order valence-electron chi connectivity index (χ1n) is 14.8. The average Bonchev–Trinajstić information content (AvgIpc) is 3.38. The van der Waals surface area contributed by atoms with E-state index in [9.17, 15) is 9.59 Å². The Hall–Kier alpha value is -5.72. The summed E-state index contributed by atoms with van der Waals surface area (Å²) in [7, 11) is 0. The van der Waals surface area contributed by atoms with Crippen LogP contribution in [0.4, 0.5) is 5.69 Å². The zero-order valence-corrected chi connectivity index (χ0v) is 26.1. The number of rotatable bonds is 9. The molecule has 228 valence electrons. The number of thiazole rings is 1. The lowest BCUT2D eigenvalue weighted by Gasteiger charge is -2.25. The number of hydrogen-bond donors (Lipinski definition) is 1. The van der Waals surface area contributed by atoms with Gasteiger partial charge in [0.25, 0.3) is 11.5 Å². The molecule has 5 aromatic rings. The molecule has 8 nitrogen and oxygen atoms in total. The third-order valence-corrected chi connectivity index (χ3v) is 8.47. The first-order valence-corrected chi connectivity index (χ1v) is 15.6. The van der Waals surface area contributed by atoms with E-state index < -0.39 is 6.04 Å². The highest BCUT2D eigenvalue weighted by Crippen LogP contribution is 2.32. The molecule has 2 heterocycles. The summed E-state index contributed by atoms with van der Waals surface area (Å²) in [5.74, 6) is 0.981. The van der Waals surface area contributed by atoms with E-state index in [1.807, 2.05) is 97.9 Å². The van der Waals surface area contributed by atoms with Gasteiger partial charge in [0.15, 0.2) is 4.80 Å². The number of nitrogens with one attached hydrogen (secondary N) is 1. The lowest BCUT2D eigenvalue weighted by molar-refractivity contribution is -0.113. The smallest absolute Gasteiger partial charge is 0.271 e. The topological polar surface area (TPSA) is 106 Å². The molecule has 1 amide bonds. The number of carbonyl (C=O) groups is 1. The minimum absolute atomic E-state index is 0.262. The first kappa shape index (κ1) is 30.3. The van der Waals surface area contributed by atoms with E-state index in [1.54, 1.807) is 29.7 Å². The van der Waals surface area contributed by atoms with Crippen LogP contribution in [0.25, 0.3) is 6.08 Å². The fraction of sp³-hybridized carbons (Fsp3) is 0.135. The zero-order valence-electron chi connectivity index (χ0n) is 25.3. The molecule has 0 saturated heterocycles. The summed E-state index contributed by atoms with van der Waals surface area (Å²) < 4.78 is 13.8. The highest BCUT2D eigenvalue weighted by Gasteiger charge is 2.32. The molecular weight excluding hydrogens is 596 g/mol. The third kappa shape index (κ3) is 6.39. The van der Waals surface area contributed by atoms with Crippen molar-refractivity contribution in [2.75, 3.05) is 11.9 Å². The third-order valence-electron chi connectivity index (χ3n) is 7.49. The van der Waals surface area contributed by atoms with Gasteiger partial charge in [-0.1, -0.05) is 72.0 Å². The van der Waals surface area contributed by atoms with Crippen LogP contribution in [0, 0.1) is 11.3 Å². The van der Waals surface area contributed by atoms with Crippen molar-refractivity contribution in [1.29, 1.82) is 5.26 Å². The van der Waals surface area contributed by atoms with Crippen molar-refractivity contribution in [3.05, 3.63) is 156 Å². The molecule has 0 unspecified atom stereocenters. The molecule has 4 aromatic carbocycles. The lowest BCUT2D eigenvalue weighted by Crippen LogP contribution is -2.40.